The van der Waals surface area contributed by atoms with Crippen LogP contribution >= 0.6 is 0 Å². The Morgan fingerprint density at radius 2 is 1.55 bits per heavy atom. The molecule has 2 N–H and O–H groups in total. The molecule has 1 aliphatic rings. The number of azo groups is 1. The molecule has 4 rings (SSSR count). The Morgan fingerprint density at radius 3 is 2.21 bits per heavy atom. The van der Waals surface area contributed by atoms with E-state index in [4.69, 9.17) is 9.47 Å². The summed E-state index contributed by atoms with van der Waals surface area (Å²) in [5, 5.41) is 15.6. The van der Waals surface area contributed by atoms with Gasteiger partial charge in [0, 0.05) is 12.2 Å². The Labute approximate surface area is 226 Å². The van der Waals surface area contributed by atoms with Gasteiger partial charge in [0.15, 0.2) is 6.17 Å². The first-order valence-electron chi connectivity index (χ1n) is 13.5. The average Bonchev–Trinajstić information content (AvgIpc) is 2.97. The molecule has 0 bridgehead atoms. The van der Waals surface area contributed by atoms with Crippen LogP contribution in [0.3, 0.4) is 0 Å². The summed E-state index contributed by atoms with van der Waals surface area (Å²) in [5.74, 6) is 1.79. The zero-order valence-corrected chi connectivity index (χ0v) is 22.5. The van der Waals surface area contributed by atoms with Crippen LogP contribution in [-0.2, 0) is 6.54 Å². The molecule has 0 aliphatic carbocycles. The van der Waals surface area contributed by atoms with E-state index in [1.807, 2.05) is 42.5 Å². The van der Waals surface area contributed by atoms with Crippen LogP contribution in [0.4, 0.5) is 0 Å². The Kier molecular flexibility index (Phi) is 9.96. The summed E-state index contributed by atoms with van der Waals surface area (Å²) in [5.41, 5.74) is 6.04. The Morgan fingerprint density at radius 1 is 0.895 bits per heavy atom. The Hall–Kier alpha value is -4.06. The highest BCUT2D eigenvalue weighted by atomic mass is 16.5. The van der Waals surface area contributed by atoms with E-state index in [0.29, 0.717) is 6.54 Å². The van der Waals surface area contributed by atoms with Crippen LogP contribution in [0.15, 0.2) is 95.8 Å². The first kappa shape index (κ1) is 27.0. The molecule has 1 aliphatic heterocycles. The summed E-state index contributed by atoms with van der Waals surface area (Å²) in [6.07, 6.45) is 5.88. The van der Waals surface area contributed by atoms with Gasteiger partial charge in [-0.15, -0.1) is 0 Å². The normalized spacial score (nSPS) is 14.4. The van der Waals surface area contributed by atoms with Gasteiger partial charge in [0.05, 0.1) is 25.1 Å². The molecule has 6 heteroatoms. The number of hydrogen-bond acceptors (Lipinski definition) is 6. The average molecular weight is 511 g/mol. The lowest BCUT2D eigenvalue weighted by Crippen LogP contribution is -2.20. The molecule has 38 heavy (non-hydrogen) atoms. The minimum Gasteiger partial charge on any atom is -0.494 e. The molecule has 198 valence electrons. The van der Waals surface area contributed by atoms with E-state index in [-0.39, 0.29) is 6.17 Å². The molecule has 0 amide bonds. The highest BCUT2D eigenvalue weighted by molar-refractivity contribution is 5.70. The molecule has 1 unspecified atom stereocenters. The molecule has 0 aromatic heterocycles. The summed E-state index contributed by atoms with van der Waals surface area (Å²) in [7, 11) is 0. The second-order valence-corrected chi connectivity index (χ2v) is 9.35. The van der Waals surface area contributed by atoms with Crippen molar-refractivity contribution in [3.8, 4) is 11.5 Å². The lowest BCUT2D eigenvalue weighted by atomic mass is 10.0. The quantitative estimate of drug-likeness (QED) is 0.217. The predicted molar refractivity (Wildman–Crippen MR) is 155 cm³/mol. The van der Waals surface area contributed by atoms with Crippen LogP contribution in [-0.4, -0.2) is 13.2 Å². The summed E-state index contributed by atoms with van der Waals surface area (Å²) in [6.45, 7) is 10.8. The van der Waals surface area contributed by atoms with Crippen LogP contribution in [0.25, 0.3) is 11.4 Å². The van der Waals surface area contributed by atoms with Gasteiger partial charge in [-0.25, -0.2) is 0 Å². The molecule has 3 aromatic rings. The van der Waals surface area contributed by atoms with E-state index in [0.717, 1.165) is 78.5 Å². The fraction of sp³-hybridized carbons (Fsp3) is 0.312. The minimum absolute atomic E-state index is 0.251. The maximum atomic E-state index is 5.78. The van der Waals surface area contributed by atoms with Crippen LogP contribution in [0.1, 0.15) is 68.0 Å². The predicted octanol–water partition coefficient (Wildman–Crippen LogP) is 7.86. The first-order chi connectivity index (χ1) is 18.7. The van der Waals surface area contributed by atoms with Gasteiger partial charge in [-0.1, -0.05) is 75.7 Å². The van der Waals surface area contributed by atoms with E-state index in [2.05, 4.69) is 71.6 Å². The number of unbranched alkanes of at least 4 members (excludes halogenated alkanes) is 2. The van der Waals surface area contributed by atoms with E-state index in [1.165, 1.54) is 5.56 Å². The van der Waals surface area contributed by atoms with Crippen LogP contribution in [0, 0.1) is 0 Å². The highest BCUT2D eigenvalue weighted by Crippen LogP contribution is 2.27. The second-order valence-electron chi connectivity index (χ2n) is 9.35. The zero-order valence-electron chi connectivity index (χ0n) is 22.5. The monoisotopic (exact) mass is 510 g/mol. The van der Waals surface area contributed by atoms with Gasteiger partial charge in [-0.05, 0) is 65.4 Å². The van der Waals surface area contributed by atoms with E-state index < -0.39 is 0 Å². The minimum atomic E-state index is -0.251. The van der Waals surface area contributed by atoms with E-state index in [1.54, 1.807) is 6.20 Å². The van der Waals surface area contributed by atoms with Crippen LogP contribution in [0.5, 0.6) is 11.5 Å². The summed E-state index contributed by atoms with van der Waals surface area (Å²) >= 11 is 0. The van der Waals surface area contributed by atoms with Crippen molar-refractivity contribution < 1.29 is 9.47 Å². The van der Waals surface area contributed by atoms with Crippen LogP contribution < -0.4 is 20.1 Å². The van der Waals surface area contributed by atoms with Crippen molar-refractivity contribution in [1.82, 2.24) is 10.6 Å². The summed E-state index contributed by atoms with van der Waals surface area (Å²) in [4.78, 5) is 0. The summed E-state index contributed by atoms with van der Waals surface area (Å²) in [6, 6.07) is 24.5. The number of nitrogens with zero attached hydrogens (tertiary/aromatic N) is 2. The van der Waals surface area contributed by atoms with Gasteiger partial charge >= 0.3 is 0 Å². The molecule has 0 fully saturated rings. The molecule has 0 saturated carbocycles. The smallest absolute Gasteiger partial charge is 0.166 e. The molecule has 1 atom stereocenters. The van der Waals surface area contributed by atoms with E-state index >= 15 is 0 Å². The molecule has 1 heterocycles. The van der Waals surface area contributed by atoms with Gasteiger partial charge in [0.25, 0.3) is 0 Å². The first-order valence-corrected chi connectivity index (χ1v) is 13.5. The summed E-state index contributed by atoms with van der Waals surface area (Å²) < 4.78 is 11.5. The maximum Gasteiger partial charge on any atom is 0.166 e. The molecule has 0 spiro atoms. The lowest BCUT2D eigenvalue weighted by molar-refractivity contribution is 0.309. The molecule has 6 nitrogen and oxygen atoms in total. The Balaban J connectivity index is 1.33. The van der Waals surface area contributed by atoms with Crippen molar-refractivity contribution in [2.75, 3.05) is 13.2 Å². The van der Waals surface area contributed by atoms with Crippen molar-refractivity contribution in [3.63, 3.8) is 0 Å². The third-order valence-electron chi connectivity index (χ3n) is 6.34. The van der Waals surface area contributed by atoms with E-state index in [9.17, 15) is 0 Å². The van der Waals surface area contributed by atoms with Crippen molar-refractivity contribution in [1.29, 1.82) is 0 Å². The SMILES string of the molecule is C=C(NCc1ccc(OCCCC)cc1)c1cccc(C2=CN=NC(c3ccc(OCCCC)cc3)N2)c1. The molecule has 3 aromatic carbocycles. The highest BCUT2D eigenvalue weighted by Gasteiger charge is 2.16. The van der Waals surface area contributed by atoms with Crippen LogP contribution in [0.2, 0.25) is 0 Å². The fourth-order valence-electron chi connectivity index (χ4n) is 3.98. The molecular formula is C32H38N4O2. The lowest BCUT2D eigenvalue weighted by Gasteiger charge is -2.21. The van der Waals surface area contributed by atoms with Gasteiger partial charge in [0.2, 0.25) is 0 Å². The Bertz CT molecular complexity index is 1230. The molecule has 0 radical (unpaired) electrons. The largest absolute Gasteiger partial charge is 0.494 e. The zero-order chi connectivity index (χ0) is 26.6. The van der Waals surface area contributed by atoms with Crippen molar-refractivity contribution >= 4 is 11.4 Å². The molecular weight excluding hydrogens is 472 g/mol. The van der Waals surface area contributed by atoms with Crippen molar-refractivity contribution in [2.45, 2.75) is 52.2 Å². The third-order valence-corrected chi connectivity index (χ3v) is 6.34. The van der Waals surface area contributed by atoms with Gasteiger partial charge in [-0.3, -0.25) is 0 Å². The maximum absolute atomic E-state index is 5.78. The number of ether oxygens (including phenoxy) is 2. The number of rotatable bonds is 14. The third kappa shape index (κ3) is 7.72. The standard InChI is InChI=1S/C32H38N4O2/c1-4-6-19-37-29-15-11-25(12-16-29)22-33-24(3)27-9-8-10-28(21-27)31-23-34-36-32(35-31)26-13-17-30(18-14-26)38-20-7-5-2/h8-18,21,23,32-33,35H,3-7,19-20,22H2,1-2H3. The van der Waals surface area contributed by atoms with Gasteiger partial charge in [-0.2, -0.15) is 10.2 Å². The number of nitrogens with one attached hydrogen (secondary N) is 2. The van der Waals surface area contributed by atoms with Gasteiger partial charge < -0.3 is 20.1 Å². The topological polar surface area (TPSA) is 67.2 Å². The molecule has 0 saturated heterocycles. The number of benzene rings is 3. The van der Waals surface area contributed by atoms with Crippen molar-refractivity contribution in [2.24, 2.45) is 10.2 Å². The van der Waals surface area contributed by atoms with Gasteiger partial charge in [0.1, 0.15) is 11.5 Å². The fourth-order valence-corrected chi connectivity index (χ4v) is 3.98. The number of hydrogen-bond donors (Lipinski definition) is 2. The second kappa shape index (κ2) is 14.0. The van der Waals surface area contributed by atoms with Crippen molar-refractivity contribution in [3.05, 3.63) is 108 Å².